The molecule has 1 saturated heterocycles. The van der Waals surface area contributed by atoms with E-state index in [2.05, 4.69) is 34.2 Å². The van der Waals surface area contributed by atoms with Gasteiger partial charge in [-0.2, -0.15) is 0 Å². The van der Waals surface area contributed by atoms with Gasteiger partial charge in [0.25, 0.3) is 5.91 Å². The zero-order valence-corrected chi connectivity index (χ0v) is 19.9. The Hall–Kier alpha value is -3.93. The van der Waals surface area contributed by atoms with Crippen molar-refractivity contribution >= 4 is 22.9 Å². The number of aryl methyl sites for hydroxylation is 1. The lowest BCUT2D eigenvalue weighted by molar-refractivity contribution is -0.135. The number of nitrogens with one attached hydrogen (secondary N) is 1. The summed E-state index contributed by atoms with van der Waals surface area (Å²) in [5.74, 6) is 0.679. The molecule has 0 radical (unpaired) electrons. The van der Waals surface area contributed by atoms with E-state index >= 15 is 0 Å². The minimum atomic E-state index is -0.509. The summed E-state index contributed by atoms with van der Waals surface area (Å²) < 4.78 is 5.35. The lowest BCUT2D eigenvalue weighted by Crippen LogP contribution is -2.41. The van der Waals surface area contributed by atoms with Crippen LogP contribution in [0.25, 0.3) is 22.4 Å². The number of carbonyl (C=O) groups excluding carboxylic acids is 2. The zero-order valence-electron chi connectivity index (χ0n) is 19.9. The van der Waals surface area contributed by atoms with Crippen LogP contribution < -0.4 is 0 Å². The van der Waals surface area contributed by atoms with E-state index in [1.54, 1.807) is 23.1 Å². The summed E-state index contributed by atoms with van der Waals surface area (Å²) in [6.45, 7) is 3.21. The van der Waals surface area contributed by atoms with Crippen molar-refractivity contribution in [2.45, 2.75) is 26.2 Å². The number of aromatic amines is 1. The molecule has 5 rings (SSSR count). The Kier molecular flexibility index (Phi) is 6.62. The van der Waals surface area contributed by atoms with E-state index in [1.807, 2.05) is 37.3 Å². The Balaban J connectivity index is 1.14. The van der Waals surface area contributed by atoms with Crippen LogP contribution in [0.15, 0.2) is 72.8 Å². The Morgan fingerprint density at radius 1 is 1.00 bits per heavy atom. The highest BCUT2D eigenvalue weighted by molar-refractivity contribution is 5.95. The molecule has 1 aromatic heterocycles. The van der Waals surface area contributed by atoms with Crippen LogP contribution in [-0.2, 0) is 16.0 Å². The number of likely N-dealkylation sites (tertiary alicyclic amines) is 1. The third-order valence-corrected chi connectivity index (χ3v) is 6.70. The SMILES string of the molecule is Cc1ccc(-c2nc3ccc(C(=O)OCC(=O)N4CCC(Cc5ccccc5)CC4)cc3[nH]2)cc1. The van der Waals surface area contributed by atoms with E-state index in [9.17, 15) is 9.59 Å². The van der Waals surface area contributed by atoms with E-state index in [4.69, 9.17) is 4.74 Å². The summed E-state index contributed by atoms with van der Waals surface area (Å²) in [7, 11) is 0. The van der Waals surface area contributed by atoms with E-state index in [1.165, 1.54) is 11.1 Å². The van der Waals surface area contributed by atoms with E-state index in [-0.39, 0.29) is 12.5 Å². The molecule has 0 spiro atoms. The van der Waals surface area contributed by atoms with Gasteiger partial charge < -0.3 is 14.6 Å². The van der Waals surface area contributed by atoms with Gasteiger partial charge in [-0.05, 0) is 55.9 Å². The Labute approximate surface area is 204 Å². The summed E-state index contributed by atoms with van der Waals surface area (Å²) in [5, 5.41) is 0. The third kappa shape index (κ3) is 5.43. The van der Waals surface area contributed by atoms with Gasteiger partial charge in [0, 0.05) is 18.7 Å². The third-order valence-electron chi connectivity index (χ3n) is 6.70. The fourth-order valence-corrected chi connectivity index (χ4v) is 4.62. The van der Waals surface area contributed by atoms with E-state index < -0.39 is 5.97 Å². The maximum absolute atomic E-state index is 12.6. The van der Waals surface area contributed by atoms with Gasteiger partial charge in [0.05, 0.1) is 16.6 Å². The monoisotopic (exact) mass is 467 g/mol. The molecule has 0 aliphatic carbocycles. The molecule has 1 aliphatic heterocycles. The summed E-state index contributed by atoms with van der Waals surface area (Å²) in [4.78, 5) is 34.9. The largest absolute Gasteiger partial charge is 0.452 e. The normalized spacial score (nSPS) is 14.3. The second-order valence-corrected chi connectivity index (χ2v) is 9.27. The van der Waals surface area contributed by atoms with Crippen molar-refractivity contribution in [3.05, 3.63) is 89.5 Å². The number of hydrogen-bond acceptors (Lipinski definition) is 4. The maximum Gasteiger partial charge on any atom is 0.338 e. The van der Waals surface area contributed by atoms with Crippen molar-refractivity contribution < 1.29 is 14.3 Å². The smallest absolute Gasteiger partial charge is 0.338 e. The Morgan fingerprint density at radius 3 is 2.49 bits per heavy atom. The highest BCUT2D eigenvalue weighted by Gasteiger charge is 2.24. The van der Waals surface area contributed by atoms with Crippen molar-refractivity contribution in [3.8, 4) is 11.4 Å². The first-order chi connectivity index (χ1) is 17.0. The van der Waals surface area contributed by atoms with Gasteiger partial charge in [-0.15, -0.1) is 0 Å². The average Bonchev–Trinajstić information content (AvgIpc) is 3.32. The highest BCUT2D eigenvalue weighted by atomic mass is 16.5. The minimum absolute atomic E-state index is 0.138. The van der Waals surface area contributed by atoms with Gasteiger partial charge in [0.1, 0.15) is 5.82 Å². The van der Waals surface area contributed by atoms with Crippen LogP contribution in [0.5, 0.6) is 0 Å². The lowest BCUT2D eigenvalue weighted by Gasteiger charge is -2.32. The highest BCUT2D eigenvalue weighted by Crippen LogP contribution is 2.23. The number of hydrogen-bond donors (Lipinski definition) is 1. The zero-order chi connectivity index (χ0) is 24.2. The van der Waals surface area contributed by atoms with E-state index in [0.29, 0.717) is 24.6 Å². The molecule has 1 amide bonds. The molecule has 3 aromatic carbocycles. The van der Waals surface area contributed by atoms with Gasteiger partial charge in [-0.3, -0.25) is 4.79 Å². The number of esters is 1. The standard InChI is InChI=1S/C29H29N3O3/c1-20-7-9-23(10-8-20)28-30-25-12-11-24(18-26(25)31-28)29(34)35-19-27(33)32-15-13-22(14-16-32)17-21-5-3-2-4-6-21/h2-12,18,22H,13-17,19H2,1H3,(H,30,31). The molecular formula is C29H29N3O3. The predicted molar refractivity (Wildman–Crippen MR) is 136 cm³/mol. The molecule has 2 heterocycles. The molecule has 178 valence electrons. The molecule has 4 aromatic rings. The number of benzene rings is 3. The predicted octanol–water partition coefficient (Wildman–Crippen LogP) is 5.18. The number of H-pyrrole nitrogens is 1. The molecule has 0 bridgehead atoms. The number of fused-ring (bicyclic) bond motifs is 1. The van der Waals surface area contributed by atoms with Crippen LogP contribution in [0.1, 0.15) is 34.3 Å². The molecule has 6 heteroatoms. The topological polar surface area (TPSA) is 75.3 Å². The quantitative estimate of drug-likeness (QED) is 0.397. The van der Waals surface area contributed by atoms with Crippen LogP contribution in [-0.4, -0.2) is 46.4 Å². The summed E-state index contributed by atoms with van der Waals surface area (Å²) in [6.07, 6.45) is 2.97. The number of aromatic nitrogens is 2. The first-order valence-electron chi connectivity index (χ1n) is 12.1. The molecule has 1 N–H and O–H groups in total. The number of nitrogens with zero attached hydrogens (tertiary/aromatic N) is 2. The number of piperidine rings is 1. The fraction of sp³-hybridized carbons (Fsp3) is 0.276. The van der Waals surface area contributed by atoms with Crippen molar-refractivity contribution in [1.29, 1.82) is 0 Å². The van der Waals surface area contributed by atoms with Crippen LogP contribution in [0.2, 0.25) is 0 Å². The number of amides is 1. The summed E-state index contributed by atoms with van der Waals surface area (Å²) in [6, 6.07) is 23.8. The van der Waals surface area contributed by atoms with Crippen LogP contribution in [0, 0.1) is 12.8 Å². The van der Waals surface area contributed by atoms with Crippen molar-refractivity contribution in [2.75, 3.05) is 19.7 Å². The van der Waals surface area contributed by atoms with Crippen molar-refractivity contribution in [2.24, 2.45) is 5.92 Å². The molecule has 0 saturated carbocycles. The fourth-order valence-electron chi connectivity index (χ4n) is 4.62. The van der Waals surface area contributed by atoms with Crippen LogP contribution >= 0.6 is 0 Å². The van der Waals surface area contributed by atoms with Crippen molar-refractivity contribution in [3.63, 3.8) is 0 Å². The maximum atomic E-state index is 12.6. The number of imidazole rings is 1. The van der Waals surface area contributed by atoms with Gasteiger partial charge in [0.15, 0.2) is 6.61 Å². The molecular weight excluding hydrogens is 438 g/mol. The second-order valence-electron chi connectivity index (χ2n) is 9.27. The molecule has 1 aliphatic rings. The lowest BCUT2D eigenvalue weighted by atomic mass is 9.90. The number of rotatable bonds is 6. The second kappa shape index (κ2) is 10.1. The van der Waals surface area contributed by atoms with Gasteiger partial charge >= 0.3 is 5.97 Å². The first-order valence-corrected chi connectivity index (χ1v) is 12.1. The molecule has 1 fully saturated rings. The van der Waals surface area contributed by atoms with Crippen molar-refractivity contribution in [1.82, 2.24) is 14.9 Å². The Morgan fingerprint density at radius 2 is 1.74 bits per heavy atom. The average molecular weight is 468 g/mol. The van der Waals surface area contributed by atoms with Crippen LogP contribution in [0.3, 0.4) is 0 Å². The summed E-state index contributed by atoms with van der Waals surface area (Å²) in [5.41, 5.74) is 5.42. The minimum Gasteiger partial charge on any atom is -0.452 e. The molecule has 6 nitrogen and oxygen atoms in total. The molecule has 0 atom stereocenters. The van der Waals surface area contributed by atoms with E-state index in [0.717, 1.165) is 41.7 Å². The van der Waals surface area contributed by atoms with Gasteiger partial charge in [0.2, 0.25) is 0 Å². The number of carbonyl (C=O) groups is 2. The summed E-state index contributed by atoms with van der Waals surface area (Å²) >= 11 is 0. The number of ether oxygens (including phenoxy) is 1. The Bertz CT molecular complexity index is 1320. The first kappa shape index (κ1) is 22.8. The van der Waals surface area contributed by atoms with Gasteiger partial charge in [-0.25, -0.2) is 9.78 Å². The van der Waals surface area contributed by atoms with Crippen LogP contribution in [0.4, 0.5) is 0 Å². The molecule has 0 unspecified atom stereocenters. The van der Waals surface area contributed by atoms with Gasteiger partial charge in [-0.1, -0.05) is 60.2 Å². The molecule has 35 heavy (non-hydrogen) atoms.